The molecule has 72 valence electrons. The van der Waals surface area contributed by atoms with Crippen LogP contribution in [-0.4, -0.2) is 43.4 Å². The Morgan fingerprint density at radius 3 is 2.38 bits per heavy atom. The van der Waals surface area contributed by atoms with Crippen molar-refractivity contribution in [3.05, 3.63) is 11.7 Å². The summed E-state index contributed by atoms with van der Waals surface area (Å²) in [6, 6.07) is 0. The van der Waals surface area contributed by atoms with Crippen molar-refractivity contribution in [3.63, 3.8) is 0 Å². The highest BCUT2D eigenvalue weighted by atomic mass is 16.4. The highest BCUT2D eigenvalue weighted by molar-refractivity contribution is 6.57. The van der Waals surface area contributed by atoms with E-state index in [0.29, 0.717) is 5.47 Å². The minimum Gasteiger partial charge on any atom is -0.423 e. The fourth-order valence-corrected chi connectivity index (χ4v) is 0.973. The Kier molecular flexibility index (Phi) is 3.05. The number of hydrogen-bond donors (Lipinski definition) is 5. The summed E-state index contributed by atoms with van der Waals surface area (Å²) in [5.41, 5.74) is 0.320. The highest BCUT2D eigenvalue weighted by Crippen LogP contribution is 2.04. The summed E-state index contributed by atoms with van der Waals surface area (Å²) < 4.78 is 0. The van der Waals surface area contributed by atoms with Crippen molar-refractivity contribution in [1.29, 1.82) is 0 Å². The van der Waals surface area contributed by atoms with Crippen LogP contribution in [0.2, 0.25) is 0 Å². The highest BCUT2D eigenvalue weighted by Gasteiger charge is 2.27. The van der Waals surface area contributed by atoms with Gasteiger partial charge >= 0.3 is 7.12 Å². The van der Waals surface area contributed by atoms with Gasteiger partial charge in [-0.2, -0.15) is 0 Å². The predicted molar refractivity (Wildman–Crippen MR) is 50.8 cm³/mol. The van der Waals surface area contributed by atoms with Gasteiger partial charge in [-0.25, -0.2) is 4.99 Å². The molecule has 7 heteroatoms. The molecule has 0 aromatic heterocycles. The second-order valence-corrected chi connectivity index (χ2v) is 2.63. The molecule has 0 fully saturated rings. The first-order chi connectivity index (χ1) is 6.13. The van der Waals surface area contributed by atoms with Gasteiger partial charge in [-0.05, 0) is 14.1 Å². The van der Waals surface area contributed by atoms with Crippen LogP contribution in [0, 0.1) is 0 Å². The molecule has 0 aliphatic carbocycles. The molecule has 0 radical (unpaired) electrons. The zero-order valence-corrected chi connectivity index (χ0v) is 7.57. The van der Waals surface area contributed by atoms with Crippen molar-refractivity contribution in [1.82, 2.24) is 16.0 Å². The topological polar surface area (TPSA) is 88.9 Å². The SMILES string of the molecule is CNC1(NC)N=CC(B(O)O)=CN1. The van der Waals surface area contributed by atoms with Crippen LogP contribution in [0.15, 0.2) is 16.7 Å². The number of nitrogens with one attached hydrogen (secondary N) is 3. The van der Waals surface area contributed by atoms with E-state index in [9.17, 15) is 0 Å². The van der Waals surface area contributed by atoms with E-state index in [1.54, 1.807) is 14.1 Å². The van der Waals surface area contributed by atoms with Gasteiger partial charge in [-0.1, -0.05) is 0 Å². The molecule has 0 amide bonds. The molecule has 1 rings (SSSR count). The number of hydrogen-bond acceptors (Lipinski definition) is 6. The van der Waals surface area contributed by atoms with Gasteiger partial charge in [0.15, 0.2) is 0 Å². The lowest BCUT2D eigenvalue weighted by Gasteiger charge is -2.31. The molecule has 0 spiro atoms. The van der Waals surface area contributed by atoms with E-state index in [1.807, 2.05) is 0 Å². The summed E-state index contributed by atoms with van der Waals surface area (Å²) in [6.45, 7) is 0. The fraction of sp³-hybridized carbons (Fsp3) is 0.500. The standard InChI is InChI=1S/C6H13BN4O2/c1-8-6(9-2)10-3-5(4-11-6)7(12)13/h3-4,8-10,12-13H,1-2H3. The minimum atomic E-state index is -1.50. The van der Waals surface area contributed by atoms with Crippen molar-refractivity contribution in [2.75, 3.05) is 14.1 Å². The fourth-order valence-electron chi connectivity index (χ4n) is 0.973. The molecule has 0 aromatic carbocycles. The smallest absolute Gasteiger partial charge is 0.423 e. The van der Waals surface area contributed by atoms with Gasteiger partial charge in [0.05, 0.1) is 0 Å². The maximum absolute atomic E-state index is 8.81. The molecular formula is C6H13BN4O2. The molecule has 13 heavy (non-hydrogen) atoms. The lowest BCUT2D eigenvalue weighted by Crippen LogP contribution is -2.62. The quantitative estimate of drug-likeness (QED) is 0.249. The molecule has 0 aromatic rings. The van der Waals surface area contributed by atoms with E-state index in [2.05, 4.69) is 20.9 Å². The van der Waals surface area contributed by atoms with Crippen molar-refractivity contribution in [2.45, 2.75) is 5.91 Å². The van der Waals surface area contributed by atoms with Crippen LogP contribution in [0.4, 0.5) is 0 Å². The van der Waals surface area contributed by atoms with Gasteiger partial charge in [0.2, 0.25) is 5.91 Å². The Hall–Kier alpha value is -0.885. The normalized spacial score (nSPS) is 19.2. The van der Waals surface area contributed by atoms with E-state index in [-0.39, 0.29) is 0 Å². The maximum atomic E-state index is 8.81. The van der Waals surface area contributed by atoms with Crippen molar-refractivity contribution >= 4 is 13.3 Å². The first kappa shape index (κ1) is 10.2. The third-order valence-corrected chi connectivity index (χ3v) is 1.88. The average Bonchev–Trinajstić information content (AvgIpc) is 2.18. The Morgan fingerprint density at radius 1 is 1.46 bits per heavy atom. The van der Waals surface area contributed by atoms with Crippen LogP contribution in [0.3, 0.4) is 0 Å². The van der Waals surface area contributed by atoms with Gasteiger partial charge in [-0.3, -0.25) is 10.6 Å². The predicted octanol–water partition coefficient (Wildman–Crippen LogP) is -2.39. The summed E-state index contributed by atoms with van der Waals surface area (Å²) in [7, 11) is 1.97. The molecule has 0 saturated heterocycles. The summed E-state index contributed by atoms with van der Waals surface area (Å²) in [5, 5.41) is 26.3. The zero-order chi connectivity index (χ0) is 9.90. The first-order valence-corrected chi connectivity index (χ1v) is 3.90. The van der Waals surface area contributed by atoms with Crippen LogP contribution in [0.5, 0.6) is 0 Å². The van der Waals surface area contributed by atoms with Crippen molar-refractivity contribution in [3.8, 4) is 0 Å². The monoisotopic (exact) mass is 184 g/mol. The van der Waals surface area contributed by atoms with Crippen LogP contribution in [0.25, 0.3) is 0 Å². The number of rotatable bonds is 3. The van der Waals surface area contributed by atoms with E-state index in [0.717, 1.165) is 0 Å². The number of nitrogens with zero attached hydrogens (tertiary/aromatic N) is 1. The molecule has 5 N–H and O–H groups in total. The van der Waals surface area contributed by atoms with E-state index in [4.69, 9.17) is 10.0 Å². The lowest BCUT2D eigenvalue weighted by atomic mass is 9.80. The van der Waals surface area contributed by atoms with Gasteiger partial charge in [0, 0.05) is 17.9 Å². The average molecular weight is 184 g/mol. The molecular weight excluding hydrogens is 171 g/mol. The van der Waals surface area contributed by atoms with E-state index < -0.39 is 13.0 Å². The van der Waals surface area contributed by atoms with Gasteiger partial charge in [0.25, 0.3) is 0 Å². The Balaban J connectivity index is 2.71. The molecule has 6 nitrogen and oxygen atoms in total. The summed E-state index contributed by atoms with van der Waals surface area (Å²) in [6.07, 6.45) is 2.89. The third-order valence-electron chi connectivity index (χ3n) is 1.88. The van der Waals surface area contributed by atoms with Crippen LogP contribution >= 0.6 is 0 Å². The first-order valence-electron chi connectivity index (χ1n) is 3.90. The summed E-state index contributed by atoms with van der Waals surface area (Å²) >= 11 is 0. The van der Waals surface area contributed by atoms with Crippen LogP contribution in [-0.2, 0) is 0 Å². The number of aliphatic imine (C=N–C) groups is 1. The summed E-state index contributed by atoms with van der Waals surface area (Å²) in [4.78, 5) is 4.05. The molecule has 1 aliphatic rings. The second kappa shape index (κ2) is 3.88. The van der Waals surface area contributed by atoms with Gasteiger partial charge in [0.1, 0.15) is 0 Å². The van der Waals surface area contributed by atoms with Crippen LogP contribution in [0.1, 0.15) is 0 Å². The number of allylic oxidation sites excluding steroid dienone is 1. The summed E-state index contributed by atoms with van der Waals surface area (Å²) in [5.74, 6) is -0.752. The molecule has 0 unspecified atom stereocenters. The largest absolute Gasteiger partial charge is 0.491 e. The Bertz CT molecular complexity index is 237. The van der Waals surface area contributed by atoms with Crippen molar-refractivity contribution < 1.29 is 10.0 Å². The van der Waals surface area contributed by atoms with E-state index in [1.165, 1.54) is 12.4 Å². The maximum Gasteiger partial charge on any atom is 0.491 e. The molecule has 1 aliphatic heterocycles. The van der Waals surface area contributed by atoms with E-state index >= 15 is 0 Å². The molecule has 1 heterocycles. The zero-order valence-electron chi connectivity index (χ0n) is 7.57. The van der Waals surface area contributed by atoms with Gasteiger partial charge < -0.3 is 15.4 Å². The molecule has 0 atom stereocenters. The Morgan fingerprint density at radius 2 is 2.08 bits per heavy atom. The lowest BCUT2D eigenvalue weighted by molar-refractivity contribution is 0.269. The second-order valence-electron chi connectivity index (χ2n) is 2.63. The Labute approximate surface area is 76.9 Å². The van der Waals surface area contributed by atoms with Gasteiger partial charge in [-0.15, -0.1) is 0 Å². The molecule has 0 bridgehead atoms. The third kappa shape index (κ3) is 2.07. The van der Waals surface area contributed by atoms with Crippen molar-refractivity contribution in [2.24, 2.45) is 4.99 Å². The molecule has 0 saturated carbocycles. The minimum absolute atomic E-state index is 0.320. The van der Waals surface area contributed by atoms with Crippen LogP contribution < -0.4 is 16.0 Å².